The lowest BCUT2D eigenvalue weighted by Crippen LogP contribution is -2.39. The summed E-state index contributed by atoms with van der Waals surface area (Å²) < 4.78 is 56.7. The van der Waals surface area contributed by atoms with Crippen molar-refractivity contribution in [2.24, 2.45) is 5.73 Å². The Kier molecular flexibility index (Phi) is 7.61. The number of fused-ring (bicyclic) bond motifs is 1. The molecule has 0 aliphatic carbocycles. The van der Waals surface area contributed by atoms with Crippen LogP contribution in [0.15, 0.2) is 72.9 Å². The second-order valence-electron chi connectivity index (χ2n) is 8.38. The molecule has 2 amide bonds. The Balaban J connectivity index is 1.64. The Hall–Kier alpha value is -4.47. The van der Waals surface area contributed by atoms with Crippen molar-refractivity contribution in [3.05, 3.63) is 84.1 Å². The van der Waals surface area contributed by atoms with Gasteiger partial charge in [0, 0.05) is 23.3 Å². The summed E-state index contributed by atoms with van der Waals surface area (Å²) in [7, 11) is 3.07. The van der Waals surface area contributed by atoms with Crippen LogP contribution in [0.1, 0.15) is 30.5 Å². The molecule has 0 aliphatic heterocycles. The van der Waals surface area contributed by atoms with Gasteiger partial charge in [-0.15, -0.1) is 0 Å². The number of halogens is 3. The molecule has 1 atom stereocenters. The second kappa shape index (κ2) is 10.9. The Morgan fingerprint density at radius 3 is 2.26 bits per heavy atom. The molecular formula is C28H26F3N3O4. The SMILES string of the molecule is CCC(c1cccc(C(F)(F)F)c1)N(C(N)=O)c1ccc(Oc2ccnc3cc(OC)c(OC)cc23)cc1. The molecule has 0 spiro atoms. The van der Waals surface area contributed by atoms with Crippen LogP contribution in [0.25, 0.3) is 10.9 Å². The van der Waals surface area contributed by atoms with Gasteiger partial charge in [0.05, 0.1) is 31.3 Å². The first-order valence-corrected chi connectivity index (χ1v) is 11.7. The van der Waals surface area contributed by atoms with Crippen molar-refractivity contribution in [3.63, 3.8) is 0 Å². The number of benzene rings is 3. The van der Waals surface area contributed by atoms with Crippen molar-refractivity contribution in [2.45, 2.75) is 25.6 Å². The number of nitrogens with two attached hydrogens (primary N) is 1. The molecule has 10 heteroatoms. The number of hydrogen-bond donors (Lipinski definition) is 1. The first kappa shape index (κ1) is 26.6. The van der Waals surface area contributed by atoms with Crippen LogP contribution in [0.4, 0.5) is 23.7 Å². The largest absolute Gasteiger partial charge is 0.493 e. The van der Waals surface area contributed by atoms with E-state index in [1.165, 1.54) is 25.2 Å². The molecule has 7 nitrogen and oxygen atoms in total. The summed E-state index contributed by atoms with van der Waals surface area (Å²) >= 11 is 0. The van der Waals surface area contributed by atoms with Gasteiger partial charge in [-0.2, -0.15) is 13.2 Å². The van der Waals surface area contributed by atoms with Crippen molar-refractivity contribution in [1.29, 1.82) is 0 Å². The molecule has 0 radical (unpaired) electrons. The van der Waals surface area contributed by atoms with Crippen LogP contribution in [-0.2, 0) is 6.18 Å². The Morgan fingerprint density at radius 2 is 1.66 bits per heavy atom. The summed E-state index contributed by atoms with van der Waals surface area (Å²) in [6, 6.07) is 15.2. The third kappa shape index (κ3) is 5.44. The number of urea groups is 1. The average molecular weight is 526 g/mol. The van der Waals surface area contributed by atoms with E-state index in [1.807, 2.05) is 0 Å². The number of hydrogen-bond acceptors (Lipinski definition) is 5. The Labute approximate surface area is 217 Å². The average Bonchev–Trinajstić information content (AvgIpc) is 2.91. The summed E-state index contributed by atoms with van der Waals surface area (Å²) in [5.41, 5.74) is 6.28. The van der Waals surface area contributed by atoms with Crippen LogP contribution in [0.2, 0.25) is 0 Å². The summed E-state index contributed by atoms with van der Waals surface area (Å²) in [5.74, 6) is 2.04. The van der Waals surface area contributed by atoms with Gasteiger partial charge in [-0.1, -0.05) is 19.1 Å². The number of primary amides is 1. The maximum absolute atomic E-state index is 13.3. The molecule has 0 saturated heterocycles. The monoisotopic (exact) mass is 525 g/mol. The minimum absolute atomic E-state index is 0.328. The maximum Gasteiger partial charge on any atom is 0.416 e. The molecule has 1 unspecified atom stereocenters. The van der Waals surface area contributed by atoms with E-state index in [0.29, 0.717) is 51.6 Å². The zero-order valence-electron chi connectivity index (χ0n) is 21.0. The summed E-state index contributed by atoms with van der Waals surface area (Å²) in [6.45, 7) is 1.77. The number of aromatic nitrogens is 1. The van der Waals surface area contributed by atoms with Gasteiger partial charge in [0.15, 0.2) is 11.5 Å². The standard InChI is InChI=1S/C28H26F3N3O4/c1-4-23(17-6-5-7-18(14-17)28(29,30)31)34(27(32)35)19-8-10-20(11-9-19)38-24-12-13-33-22-16-26(37-3)25(36-2)15-21(22)24/h5-16,23H,4H2,1-3H3,(H2,32,35). The van der Waals surface area contributed by atoms with Crippen LogP contribution in [0, 0.1) is 0 Å². The lowest BCUT2D eigenvalue weighted by molar-refractivity contribution is -0.137. The second-order valence-corrected chi connectivity index (χ2v) is 8.38. The van der Waals surface area contributed by atoms with Crippen molar-refractivity contribution >= 4 is 22.6 Å². The lowest BCUT2D eigenvalue weighted by Gasteiger charge is -2.30. The highest BCUT2D eigenvalue weighted by Gasteiger charge is 2.32. The van der Waals surface area contributed by atoms with E-state index in [9.17, 15) is 18.0 Å². The van der Waals surface area contributed by atoms with Crippen LogP contribution in [-0.4, -0.2) is 25.2 Å². The molecule has 2 N–H and O–H groups in total. The quantitative estimate of drug-likeness (QED) is 0.265. The number of pyridine rings is 1. The van der Waals surface area contributed by atoms with Gasteiger partial charge in [0.1, 0.15) is 11.5 Å². The third-order valence-electron chi connectivity index (χ3n) is 6.08. The van der Waals surface area contributed by atoms with Gasteiger partial charge >= 0.3 is 12.2 Å². The van der Waals surface area contributed by atoms with Crippen LogP contribution in [0.3, 0.4) is 0 Å². The van der Waals surface area contributed by atoms with Gasteiger partial charge in [-0.3, -0.25) is 9.88 Å². The highest BCUT2D eigenvalue weighted by atomic mass is 19.4. The van der Waals surface area contributed by atoms with Crippen LogP contribution >= 0.6 is 0 Å². The van der Waals surface area contributed by atoms with E-state index in [4.69, 9.17) is 19.9 Å². The summed E-state index contributed by atoms with van der Waals surface area (Å²) in [4.78, 5) is 18.1. The highest BCUT2D eigenvalue weighted by Crippen LogP contribution is 2.38. The van der Waals surface area contributed by atoms with Crippen molar-refractivity contribution < 1.29 is 32.2 Å². The predicted molar refractivity (Wildman–Crippen MR) is 138 cm³/mol. The zero-order valence-corrected chi connectivity index (χ0v) is 21.0. The number of carbonyl (C=O) groups is 1. The molecule has 1 heterocycles. The zero-order chi connectivity index (χ0) is 27.4. The van der Waals surface area contributed by atoms with Gasteiger partial charge in [-0.05, 0) is 60.5 Å². The molecule has 0 saturated carbocycles. The topological polar surface area (TPSA) is 86.9 Å². The van der Waals surface area contributed by atoms with Crippen LogP contribution < -0.4 is 24.8 Å². The van der Waals surface area contributed by atoms with Crippen molar-refractivity contribution in [2.75, 3.05) is 19.1 Å². The molecule has 4 aromatic rings. The van der Waals surface area contributed by atoms with E-state index in [-0.39, 0.29) is 0 Å². The molecule has 4 rings (SSSR count). The van der Waals surface area contributed by atoms with Crippen molar-refractivity contribution in [1.82, 2.24) is 4.98 Å². The van der Waals surface area contributed by atoms with Gasteiger partial charge in [0.25, 0.3) is 0 Å². The number of amides is 2. The molecular weight excluding hydrogens is 499 g/mol. The molecule has 198 valence electrons. The van der Waals surface area contributed by atoms with E-state index >= 15 is 0 Å². The highest BCUT2D eigenvalue weighted by molar-refractivity contribution is 5.92. The van der Waals surface area contributed by atoms with Gasteiger partial charge in [0.2, 0.25) is 0 Å². The fourth-order valence-corrected chi connectivity index (χ4v) is 4.29. The molecule has 1 aromatic heterocycles. The molecule has 0 aliphatic rings. The fraction of sp³-hybridized carbons (Fsp3) is 0.214. The lowest BCUT2D eigenvalue weighted by atomic mass is 9.99. The fourth-order valence-electron chi connectivity index (χ4n) is 4.29. The summed E-state index contributed by atoms with van der Waals surface area (Å²) in [5, 5.41) is 0.698. The van der Waals surface area contributed by atoms with E-state index in [1.54, 1.807) is 61.7 Å². The molecule has 3 aromatic carbocycles. The number of rotatable bonds is 8. The van der Waals surface area contributed by atoms with Crippen molar-refractivity contribution in [3.8, 4) is 23.0 Å². The smallest absolute Gasteiger partial charge is 0.416 e. The Morgan fingerprint density at radius 1 is 0.974 bits per heavy atom. The third-order valence-corrected chi connectivity index (χ3v) is 6.08. The van der Waals surface area contributed by atoms with E-state index in [2.05, 4.69) is 4.98 Å². The normalized spacial score (nSPS) is 12.2. The number of nitrogens with zero attached hydrogens (tertiary/aromatic N) is 2. The first-order chi connectivity index (χ1) is 18.2. The van der Waals surface area contributed by atoms with Gasteiger partial charge < -0.3 is 19.9 Å². The minimum atomic E-state index is -4.50. The van der Waals surface area contributed by atoms with Crippen LogP contribution in [0.5, 0.6) is 23.0 Å². The number of ether oxygens (including phenoxy) is 3. The molecule has 38 heavy (non-hydrogen) atoms. The number of anilines is 1. The molecule has 0 bridgehead atoms. The summed E-state index contributed by atoms with van der Waals surface area (Å²) in [6.07, 6.45) is -2.55. The molecule has 0 fully saturated rings. The van der Waals surface area contributed by atoms with E-state index < -0.39 is 23.8 Å². The maximum atomic E-state index is 13.3. The Bertz CT molecular complexity index is 1440. The minimum Gasteiger partial charge on any atom is -0.493 e. The number of alkyl halides is 3. The number of carbonyl (C=O) groups excluding carboxylic acids is 1. The van der Waals surface area contributed by atoms with E-state index in [0.717, 1.165) is 12.1 Å². The predicted octanol–water partition coefficient (Wildman–Crippen LogP) is 7.10. The van der Waals surface area contributed by atoms with Gasteiger partial charge in [-0.25, -0.2) is 4.79 Å². The number of methoxy groups -OCH3 is 2. The first-order valence-electron chi connectivity index (χ1n) is 11.7.